The van der Waals surface area contributed by atoms with E-state index in [9.17, 15) is 13.9 Å². The van der Waals surface area contributed by atoms with Gasteiger partial charge in [0.1, 0.15) is 30.1 Å². The molecule has 0 amide bonds. The first-order valence-corrected chi connectivity index (χ1v) is 17.7. The van der Waals surface area contributed by atoms with Gasteiger partial charge < -0.3 is 37.9 Å². The second-order valence-corrected chi connectivity index (χ2v) is 14.5. The number of aromatic nitrogens is 6. The number of halogens is 2. The second kappa shape index (κ2) is 11.7. The number of rotatable bonds is 2. The van der Waals surface area contributed by atoms with E-state index in [-0.39, 0.29) is 17.1 Å². The van der Waals surface area contributed by atoms with Gasteiger partial charge in [0.15, 0.2) is 36.0 Å². The number of hydrogen-bond acceptors (Lipinski definition) is 15. The Balaban J connectivity index is 1.08. The van der Waals surface area contributed by atoms with Crippen LogP contribution >= 0.6 is 14.9 Å². The van der Waals surface area contributed by atoms with Crippen LogP contribution in [0.4, 0.5) is 20.4 Å². The maximum Gasteiger partial charge on any atom is 0.280 e. The number of hydrogen-bond donors (Lipinski definition) is 3. The highest BCUT2D eigenvalue weighted by molar-refractivity contribution is 7.79. The fourth-order valence-electron chi connectivity index (χ4n) is 6.26. The Morgan fingerprint density at radius 3 is 2.27 bits per heavy atom. The van der Waals surface area contributed by atoms with E-state index in [2.05, 4.69) is 25.4 Å². The van der Waals surface area contributed by atoms with Gasteiger partial charge >= 0.3 is 0 Å². The van der Waals surface area contributed by atoms with Crippen LogP contribution in [0, 0.1) is 0 Å². The van der Waals surface area contributed by atoms with Gasteiger partial charge in [0.05, 0.1) is 31.8 Å². The fraction of sp³-hybridized carbons (Fsp3) is 0.500. The molecule has 4 aromatic heterocycles. The van der Waals surface area contributed by atoms with Crippen molar-refractivity contribution in [3.63, 3.8) is 0 Å². The highest BCUT2D eigenvalue weighted by Gasteiger charge is 2.53. The molecule has 3 fully saturated rings. The van der Waals surface area contributed by atoms with Gasteiger partial charge in [0.25, 0.3) is 20.5 Å². The molecule has 4 aliphatic heterocycles. The van der Waals surface area contributed by atoms with Crippen LogP contribution in [0.1, 0.15) is 18.0 Å². The number of nitrogens with two attached hydrogens (primary N) is 1. The van der Waals surface area contributed by atoms with Crippen LogP contribution in [-0.4, -0.2) is 101 Å². The van der Waals surface area contributed by atoms with Crippen molar-refractivity contribution in [3.05, 3.63) is 40.7 Å². The summed E-state index contributed by atoms with van der Waals surface area (Å²) < 4.78 is 95.0. The van der Waals surface area contributed by atoms with E-state index in [0.717, 1.165) is 16.5 Å². The minimum Gasteiger partial charge on any atom is -0.369 e. The van der Waals surface area contributed by atoms with Crippen LogP contribution in [0.2, 0.25) is 0 Å². The molecule has 0 aromatic carbocycles. The molecule has 8 rings (SSSR count). The number of anilines is 2. The summed E-state index contributed by atoms with van der Waals surface area (Å²) in [4.78, 5) is 32.2. The molecule has 4 aromatic rings. The standard InChI is InChI=1S/C24H24B2F2N8O10P2/c25-47(38)42-7-12-18(15(28)23(44-12)36-8-31-16-20(36)32-24(29)33-21(16)37)46-48(26,39)41-6-11-17(45-47)14(27)22(43-11)35-5-9-2-4-40-34-10-1-3-30-19(35)13(9)10/h1,3,5,8,11-12,14-15,17-18,22-23,34H,2,4,6-7H2,(H3,29,32,33,37)/t11-,12-,14+,15?,17?,18+,22-,23-,47?,48?/m1/s1. The van der Waals surface area contributed by atoms with E-state index >= 15 is 8.78 Å². The van der Waals surface area contributed by atoms with Crippen molar-refractivity contribution in [1.82, 2.24) is 29.1 Å². The molecule has 250 valence electrons. The van der Waals surface area contributed by atoms with Crippen LogP contribution in [0.25, 0.3) is 22.2 Å². The maximum atomic E-state index is 16.3. The highest BCUT2D eigenvalue weighted by atomic mass is 31.2. The van der Waals surface area contributed by atoms with Gasteiger partial charge in [-0.15, -0.1) is 0 Å². The van der Waals surface area contributed by atoms with Crippen molar-refractivity contribution in [1.29, 1.82) is 0 Å². The molecule has 8 heterocycles. The Bertz CT molecular complexity index is 2070. The summed E-state index contributed by atoms with van der Waals surface area (Å²) in [5, 5.41) is 0.682. The first-order valence-electron chi connectivity index (χ1n) is 14.5. The molecule has 0 spiro atoms. The Labute approximate surface area is 270 Å². The lowest BCUT2D eigenvalue weighted by Gasteiger charge is -2.29. The smallest absolute Gasteiger partial charge is 0.280 e. The van der Waals surface area contributed by atoms with Gasteiger partial charge in [-0.3, -0.25) is 33.8 Å². The Kier molecular flexibility index (Phi) is 7.82. The van der Waals surface area contributed by atoms with E-state index in [1.807, 2.05) is 0 Å². The van der Waals surface area contributed by atoms with Gasteiger partial charge in [-0.1, -0.05) is 0 Å². The number of nitrogens with one attached hydrogen (secondary N) is 2. The number of ether oxygens (including phenoxy) is 2. The van der Waals surface area contributed by atoms with Gasteiger partial charge in [0.2, 0.25) is 21.1 Å². The zero-order valence-electron chi connectivity index (χ0n) is 24.5. The zero-order chi connectivity index (χ0) is 33.5. The van der Waals surface area contributed by atoms with Crippen molar-refractivity contribution in [3.8, 4) is 0 Å². The maximum absolute atomic E-state index is 16.3. The number of H-pyrrole nitrogens is 1. The molecule has 0 aliphatic carbocycles. The summed E-state index contributed by atoms with van der Waals surface area (Å²) in [6.45, 7) is -1.15. The summed E-state index contributed by atoms with van der Waals surface area (Å²) in [7, 11) is 2.49. The van der Waals surface area contributed by atoms with Crippen molar-refractivity contribution in [2.45, 2.75) is 55.6 Å². The molecule has 24 heteroatoms. The molecule has 0 saturated carbocycles. The van der Waals surface area contributed by atoms with Gasteiger partial charge in [-0.25, -0.2) is 18.7 Å². The van der Waals surface area contributed by atoms with Crippen molar-refractivity contribution in [2.24, 2.45) is 0 Å². The third-order valence-corrected chi connectivity index (χ3v) is 10.4. The van der Waals surface area contributed by atoms with Crippen LogP contribution < -0.4 is 16.8 Å². The lowest BCUT2D eigenvalue weighted by molar-refractivity contribution is -0.0547. The van der Waals surface area contributed by atoms with E-state index < -0.39 is 82.9 Å². The third-order valence-electron chi connectivity index (χ3n) is 8.35. The molecule has 4 aliphatic rings. The molecule has 4 unspecified atom stereocenters. The van der Waals surface area contributed by atoms with E-state index in [1.165, 1.54) is 10.8 Å². The van der Waals surface area contributed by atoms with E-state index in [4.69, 9.17) is 53.3 Å². The number of imidazole rings is 1. The monoisotopic (exact) mass is 706 g/mol. The molecular weight excluding hydrogens is 682 g/mol. The van der Waals surface area contributed by atoms with Gasteiger partial charge in [0, 0.05) is 24.2 Å². The highest BCUT2D eigenvalue weighted by Crippen LogP contribution is 2.54. The largest absolute Gasteiger partial charge is 0.369 e. The second-order valence-electron chi connectivity index (χ2n) is 11.4. The first kappa shape index (κ1) is 32.0. The Morgan fingerprint density at radius 2 is 1.60 bits per heavy atom. The van der Waals surface area contributed by atoms with Crippen LogP contribution in [0.15, 0.2) is 29.6 Å². The van der Waals surface area contributed by atoms with E-state index in [0.29, 0.717) is 29.7 Å². The number of fused-ring (bicyclic) bond motifs is 3. The summed E-state index contributed by atoms with van der Waals surface area (Å²) in [5.74, 6) is -0.275. The normalized spacial score (nSPS) is 37.3. The third kappa shape index (κ3) is 5.48. The van der Waals surface area contributed by atoms with Crippen LogP contribution in [-0.2, 0) is 48.0 Å². The summed E-state index contributed by atoms with van der Waals surface area (Å²) in [5.41, 5.74) is 9.25. The number of alkyl halides is 2. The first-order chi connectivity index (χ1) is 22.9. The van der Waals surface area contributed by atoms with Crippen molar-refractivity contribution in [2.75, 3.05) is 31.0 Å². The van der Waals surface area contributed by atoms with Crippen molar-refractivity contribution >= 4 is 63.9 Å². The fourth-order valence-corrected chi connectivity index (χ4v) is 8.27. The molecule has 4 radical (unpaired) electrons. The van der Waals surface area contributed by atoms with Crippen molar-refractivity contribution < 1.29 is 50.3 Å². The zero-order valence-corrected chi connectivity index (χ0v) is 26.2. The molecule has 0 bridgehead atoms. The average molecular weight is 706 g/mol. The van der Waals surface area contributed by atoms with Gasteiger partial charge in [-0.2, -0.15) is 4.98 Å². The number of pyridine rings is 1. The predicted octanol–water partition coefficient (Wildman–Crippen LogP) is 1.49. The van der Waals surface area contributed by atoms with Crippen LogP contribution in [0.3, 0.4) is 0 Å². The topological polar surface area (TPSA) is 218 Å². The Morgan fingerprint density at radius 1 is 0.958 bits per heavy atom. The molecule has 10 atom stereocenters. The Hall–Kier alpha value is -3.19. The molecule has 18 nitrogen and oxygen atoms in total. The lowest BCUT2D eigenvalue weighted by Crippen LogP contribution is -2.37. The van der Waals surface area contributed by atoms with Gasteiger partial charge in [-0.05, 0) is 11.6 Å². The SMILES string of the molecule is [B]P1(=O)OC[C@H]2O[C@@H](n3cnc4c(=O)[nH]c(N)nc43)C(F)[C@H]2OP([B])(=O)OC[C@H]2O[C@@H](n3cc4c5c(ccnc53)NOCC4)[C@@H](F)C2O1. The number of nitrogen functional groups attached to an aromatic ring is 1. The predicted molar refractivity (Wildman–Crippen MR) is 162 cm³/mol. The minimum atomic E-state index is -4.64. The lowest BCUT2D eigenvalue weighted by atomic mass is 10.1. The molecule has 3 saturated heterocycles. The molecular formula is C24H24B2F2N8O10P2. The molecule has 4 N–H and O–H groups in total. The number of nitrogens with zero attached hydrogens (tertiary/aromatic N) is 5. The molecule has 48 heavy (non-hydrogen) atoms. The quantitative estimate of drug-likeness (QED) is 0.199. The summed E-state index contributed by atoms with van der Waals surface area (Å²) >= 11 is 0. The number of aromatic amines is 1. The average Bonchev–Trinajstić information content (AvgIpc) is 3.73. The van der Waals surface area contributed by atoms with Crippen LogP contribution in [0.5, 0.6) is 0 Å². The minimum absolute atomic E-state index is 0.133. The summed E-state index contributed by atoms with van der Waals surface area (Å²) in [6.07, 6.45) is -8.80. The summed E-state index contributed by atoms with van der Waals surface area (Å²) in [6, 6.07) is 1.70. The van der Waals surface area contributed by atoms with E-state index in [1.54, 1.807) is 12.3 Å².